The number of anilines is 3. The third-order valence-electron chi connectivity index (χ3n) is 9.93. The third-order valence-corrected chi connectivity index (χ3v) is 9.93. The number of furan rings is 1. The average molecular weight is 663 g/mol. The van der Waals surface area contributed by atoms with Crippen LogP contribution in [0.1, 0.15) is 58.2 Å². The highest BCUT2D eigenvalue weighted by atomic mass is 16.3. The van der Waals surface area contributed by atoms with Gasteiger partial charge in [-0.2, -0.15) is 5.26 Å². The molecule has 0 radical (unpaired) electrons. The number of hydrogen-bond donors (Lipinski definition) is 0. The Balaban J connectivity index is 1.39. The minimum Gasteiger partial charge on any atom is -0.456 e. The molecule has 0 spiro atoms. The first-order valence-corrected chi connectivity index (χ1v) is 17.3. The Bertz CT molecular complexity index is 2630. The Labute approximate surface area is 298 Å². The van der Waals surface area contributed by atoms with Crippen LogP contribution >= 0.6 is 0 Å². The van der Waals surface area contributed by atoms with Gasteiger partial charge in [0.05, 0.1) is 28.9 Å². The highest BCUT2D eigenvalue weighted by Gasteiger charge is 2.25. The summed E-state index contributed by atoms with van der Waals surface area (Å²) in [6.45, 7) is 21.8. The molecule has 0 saturated heterocycles. The fourth-order valence-electron chi connectivity index (χ4n) is 7.21. The number of nitrogens with zero attached hydrogens (tertiary/aromatic N) is 4. The van der Waals surface area contributed by atoms with Crippen LogP contribution in [0.3, 0.4) is 0 Å². The predicted molar refractivity (Wildman–Crippen MR) is 211 cm³/mol. The Hall–Kier alpha value is -6.30. The normalized spacial score (nSPS) is 12.1. The van der Waals surface area contributed by atoms with Crippen molar-refractivity contribution in [3.05, 3.63) is 149 Å². The second-order valence-electron chi connectivity index (χ2n) is 15.3. The molecule has 0 fully saturated rings. The van der Waals surface area contributed by atoms with E-state index in [-0.39, 0.29) is 10.8 Å². The van der Waals surface area contributed by atoms with Crippen LogP contribution in [-0.4, -0.2) is 4.57 Å². The fraction of sp³-hybridized carbons (Fsp3) is 0.174. The molecule has 5 heteroatoms. The first kappa shape index (κ1) is 31.9. The Morgan fingerprint density at radius 2 is 1.22 bits per heavy atom. The average Bonchev–Trinajstić information content (AvgIpc) is 3.65. The lowest BCUT2D eigenvalue weighted by molar-refractivity contribution is 0.590. The van der Waals surface area contributed by atoms with E-state index in [1.54, 1.807) is 0 Å². The van der Waals surface area contributed by atoms with E-state index < -0.39 is 0 Å². The number of hydrogen-bond acceptors (Lipinski definition) is 3. The van der Waals surface area contributed by atoms with Gasteiger partial charge in [-0.05, 0) is 88.7 Å². The zero-order chi connectivity index (χ0) is 35.7. The van der Waals surface area contributed by atoms with E-state index in [4.69, 9.17) is 11.0 Å². The van der Waals surface area contributed by atoms with Gasteiger partial charge >= 0.3 is 0 Å². The molecule has 0 atom stereocenters. The predicted octanol–water partition coefficient (Wildman–Crippen LogP) is 13.2. The second-order valence-corrected chi connectivity index (χ2v) is 15.3. The molecular formula is C46H38N4O. The van der Waals surface area contributed by atoms with Crippen molar-refractivity contribution in [2.45, 2.75) is 52.4 Å². The molecule has 8 aromatic rings. The van der Waals surface area contributed by atoms with Gasteiger partial charge in [-0.15, -0.1) is 0 Å². The minimum absolute atomic E-state index is 0.0440. The minimum atomic E-state index is -0.0440. The smallest absolute Gasteiger partial charge is 0.214 e. The standard InChI is InChI=1S/C46H38N4O/c1-45(2,3)30-17-21-40-37(24-30)38-25-31(46(4,5)6)18-22-41(38)50(40)44-29(28-47)23-34(26-39(44)48-7)49(32-13-9-8-10-14-32)33-19-20-36-35-15-11-12-16-42(35)51-43(36)27-33/h8-27H,1-6H3. The molecular weight excluding hydrogens is 625 g/mol. The molecule has 248 valence electrons. The van der Waals surface area contributed by atoms with E-state index in [0.717, 1.165) is 55.1 Å². The van der Waals surface area contributed by atoms with Gasteiger partial charge in [-0.25, -0.2) is 4.85 Å². The first-order valence-electron chi connectivity index (χ1n) is 17.3. The molecule has 5 nitrogen and oxygen atoms in total. The zero-order valence-corrected chi connectivity index (χ0v) is 29.7. The van der Waals surface area contributed by atoms with Gasteiger partial charge in [-0.1, -0.05) is 90.1 Å². The van der Waals surface area contributed by atoms with Crippen molar-refractivity contribution in [1.29, 1.82) is 5.26 Å². The van der Waals surface area contributed by atoms with Gasteiger partial charge in [0.1, 0.15) is 17.2 Å². The van der Waals surface area contributed by atoms with E-state index in [9.17, 15) is 5.26 Å². The van der Waals surface area contributed by atoms with Gasteiger partial charge in [0.15, 0.2) is 0 Å². The van der Waals surface area contributed by atoms with Crippen LogP contribution in [0.2, 0.25) is 0 Å². The maximum Gasteiger partial charge on any atom is 0.214 e. The summed E-state index contributed by atoms with van der Waals surface area (Å²) >= 11 is 0. The van der Waals surface area contributed by atoms with Crippen LogP contribution < -0.4 is 4.90 Å². The van der Waals surface area contributed by atoms with Crippen LogP contribution in [0.5, 0.6) is 0 Å². The molecule has 51 heavy (non-hydrogen) atoms. The number of rotatable bonds is 4. The molecule has 0 aliphatic rings. The molecule has 0 aliphatic heterocycles. The molecule has 0 N–H and O–H groups in total. The lowest BCUT2D eigenvalue weighted by atomic mass is 9.85. The summed E-state index contributed by atoms with van der Waals surface area (Å²) in [6.07, 6.45) is 0. The van der Waals surface area contributed by atoms with E-state index in [1.165, 1.54) is 11.1 Å². The summed E-state index contributed by atoms with van der Waals surface area (Å²) in [7, 11) is 0. The van der Waals surface area contributed by atoms with Gasteiger partial charge < -0.3 is 13.9 Å². The Morgan fingerprint density at radius 1 is 0.608 bits per heavy atom. The molecule has 8 rings (SSSR count). The van der Waals surface area contributed by atoms with E-state index >= 15 is 0 Å². The van der Waals surface area contributed by atoms with E-state index in [2.05, 4.69) is 117 Å². The van der Waals surface area contributed by atoms with Crippen LogP contribution in [-0.2, 0) is 10.8 Å². The fourth-order valence-corrected chi connectivity index (χ4v) is 7.21. The maximum atomic E-state index is 10.9. The van der Waals surface area contributed by atoms with Crippen molar-refractivity contribution in [2.24, 2.45) is 0 Å². The van der Waals surface area contributed by atoms with Crippen molar-refractivity contribution in [2.75, 3.05) is 4.90 Å². The van der Waals surface area contributed by atoms with Crippen molar-refractivity contribution in [3.63, 3.8) is 0 Å². The number of nitriles is 1. The Kier molecular flexibility index (Phi) is 7.30. The quantitative estimate of drug-likeness (QED) is 0.176. The molecule has 6 aromatic carbocycles. The molecule has 2 heterocycles. The first-order chi connectivity index (χ1) is 24.5. The summed E-state index contributed by atoms with van der Waals surface area (Å²) in [4.78, 5) is 6.19. The molecule has 2 aromatic heterocycles. The molecule has 0 unspecified atom stereocenters. The van der Waals surface area contributed by atoms with Crippen LogP contribution in [0, 0.1) is 17.9 Å². The summed E-state index contributed by atoms with van der Waals surface area (Å²) in [5, 5.41) is 15.2. The molecule has 0 bridgehead atoms. The number of benzene rings is 6. The molecule has 0 aliphatic carbocycles. The summed E-state index contributed by atoms with van der Waals surface area (Å²) < 4.78 is 8.40. The lowest BCUT2D eigenvalue weighted by Crippen LogP contribution is -2.11. The maximum absolute atomic E-state index is 10.9. The molecule has 0 amide bonds. The summed E-state index contributed by atoms with van der Waals surface area (Å²) in [6, 6.07) is 43.8. The van der Waals surface area contributed by atoms with Crippen LogP contribution in [0.25, 0.3) is 54.3 Å². The second kappa shape index (κ2) is 11.7. The van der Waals surface area contributed by atoms with Crippen LogP contribution in [0.15, 0.2) is 126 Å². The van der Waals surface area contributed by atoms with Gasteiger partial charge in [-0.3, -0.25) is 0 Å². The number of para-hydroxylation sites is 2. The van der Waals surface area contributed by atoms with Gasteiger partial charge in [0.2, 0.25) is 5.69 Å². The highest BCUT2D eigenvalue weighted by Crippen LogP contribution is 2.45. The van der Waals surface area contributed by atoms with Crippen LogP contribution in [0.4, 0.5) is 22.7 Å². The van der Waals surface area contributed by atoms with Gasteiger partial charge in [0, 0.05) is 44.7 Å². The van der Waals surface area contributed by atoms with E-state index in [1.807, 2.05) is 66.7 Å². The summed E-state index contributed by atoms with van der Waals surface area (Å²) in [5.41, 5.74) is 9.80. The highest BCUT2D eigenvalue weighted by molar-refractivity contribution is 6.11. The van der Waals surface area contributed by atoms with Crippen molar-refractivity contribution >= 4 is 66.5 Å². The number of aromatic nitrogens is 1. The monoisotopic (exact) mass is 662 g/mol. The van der Waals surface area contributed by atoms with Gasteiger partial charge in [0.25, 0.3) is 0 Å². The largest absolute Gasteiger partial charge is 0.456 e. The topological polar surface area (TPSA) is 49.5 Å². The molecule has 0 saturated carbocycles. The zero-order valence-electron chi connectivity index (χ0n) is 29.7. The SMILES string of the molecule is [C-]#[N+]c1cc(N(c2ccccc2)c2ccc3c(c2)oc2ccccc23)cc(C#N)c1-n1c2ccc(C(C)(C)C)cc2c2cc(C(C)(C)C)ccc21. The lowest BCUT2D eigenvalue weighted by Gasteiger charge is -2.27. The van der Waals surface area contributed by atoms with E-state index in [0.29, 0.717) is 22.6 Å². The number of fused-ring (bicyclic) bond motifs is 6. The Morgan fingerprint density at radius 3 is 1.82 bits per heavy atom. The van der Waals surface area contributed by atoms with Crippen molar-refractivity contribution in [1.82, 2.24) is 4.57 Å². The van der Waals surface area contributed by atoms with Crippen molar-refractivity contribution < 1.29 is 4.42 Å². The van der Waals surface area contributed by atoms with Crippen molar-refractivity contribution in [3.8, 4) is 11.8 Å². The third kappa shape index (κ3) is 5.30. The summed E-state index contributed by atoms with van der Waals surface area (Å²) in [5.74, 6) is 0.